The summed E-state index contributed by atoms with van der Waals surface area (Å²) >= 11 is 8.30. The molecule has 0 bridgehead atoms. The van der Waals surface area contributed by atoms with Crippen LogP contribution in [0.1, 0.15) is 57.4 Å². The Hall–Kier alpha value is -3.48. The Morgan fingerprint density at radius 1 is 0.932 bits per heavy atom. The molecule has 0 saturated carbocycles. The highest BCUT2D eigenvalue weighted by Gasteiger charge is 2.52. The average molecular weight is 650 g/mol. The van der Waals surface area contributed by atoms with Crippen molar-refractivity contribution in [2.75, 3.05) is 6.61 Å². The van der Waals surface area contributed by atoms with Crippen LogP contribution in [0.3, 0.4) is 0 Å². The van der Waals surface area contributed by atoms with E-state index < -0.39 is 60.3 Å². The van der Waals surface area contributed by atoms with Crippen LogP contribution in [0.25, 0.3) is 4.91 Å². The van der Waals surface area contributed by atoms with Crippen molar-refractivity contribution >= 4 is 52.1 Å². The lowest BCUT2D eigenvalue weighted by molar-refractivity contribution is -0.254. The molecular formula is C31H33ClFNO9S. The van der Waals surface area contributed by atoms with Gasteiger partial charge in [-0.25, -0.2) is 4.98 Å². The van der Waals surface area contributed by atoms with E-state index in [1.54, 1.807) is 30.0 Å². The number of carbonyl (C=O) groups excluding carboxylic acids is 4. The molecule has 0 radical (unpaired) electrons. The quantitative estimate of drug-likeness (QED) is 0.207. The summed E-state index contributed by atoms with van der Waals surface area (Å²) in [6.45, 7) is 6.51. The topological polar surface area (TPSA) is 127 Å². The fourth-order valence-electron chi connectivity index (χ4n) is 5.21. The number of esters is 4. The maximum Gasteiger partial charge on any atom is 0.303 e. The van der Waals surface area contributed by atoms with Crippen molar-refractivity contribution in [3.8, 4) is 0 Å². The molecule has 10 nitrogen and oxygen atoms in total. The summed E-state index contributed by atoms with van der Waals surface area (Å²) in [5.41, 5.74) is 2.16. The lowest BCUT2D eigenvalue weighted by atomic mass is 9.89. The van der Waals surface area contributed by atoms with E-state index in [4.69, 9.17) is 35.3 Å². The summed E-state index contributed by atoms with van der Waals surface area (Å²) in [6.07, 6.45) is -1.66. The molecule has 236 valence electrons. The van der Waals surface area contributed by atoms with Gasteiger partial charge in [0.25, 0.3) is 0 Å². The van der Waals surface area contributed by atoms with Gasteiger partial charge in [-0.15, -0.1) is 11.8 Å². The number of nitrogens with zero attached hydrogens (tertiary/aromatic N) is 1. The zero-order valence-electron chi connectivity index (χ0n) is 24.8. The Morgan fingerprint density at radius 3 is 2.20 bits per heavy atom. The third-order valence-corrected chi connectivity index (χ3v) is 8.99. The Morgan fingerprint density at radius 2 is 1.59 bits per heavy atom. The van der Waals surface area contributed by atoms with Crippen LogP contribution in [0.4, 0.5) is 4.39 Å². The number of aromatic nitrogens is 1. The summed E-state index contributed by atoms with van der Waals surface area (Å²) in [5.74, 6) is -3.08. The van der Waals surface area contributed by atoms with Crippen LogP contribution in [0.5, 0.6) is 0 Å². The van der Waals surface area contributed by atoms with Gasteiger partial charge in [0.05, 0.1) is 0 Å². The monoisotopic (exact) mass is 649 g/mol. The Bertz CT molecular complexity index is 1440. The third kappa shape index (κ3) is 8.36. The predicted molar refractivity (Wildman–Crippen MR) is 159 cm³/mol. The van der Waals surface area contributed by atoms with Crippen LogP contribution < -0.4 is 0 Å². The molecule has 0 amide bonds. The maximum atomic E-state index is 13.4. The Labute approximate surface area is 263 Å². The molecular weight excluding hydrogens is 617 g/mol. The molecule has 0 spiro atoms. The molecule has 0 aliphatic carbocycles. The van der Waals surface area contributed by atoms with E-state index in [9.17, 15) is 23.6 Å². The molecule has 1 aromatic carbocycles. The van der Waals surface area contributed by atoms with Crippen molar-refractivity contribution in [2.45, 2.75) is 76.8 Å². The molecule has 13 heteroatoms. The van der Waals surface area contributed by atoms with E-state index in [0.29, 0.717) is 17.0 Å². The van der Waals surface area contributed by atoms with Gasteiger partial charge in [-0.3, -0.25) is 19.2 Å². The minimum Gasteiger partial charge on any atom is -0.463 e. The number of rotatable bonds is 9. The van der Waals surface area contributed by atoms with Crippen LogP contribution in [-0.2, 0) is 49.3 Å². The fraction of sp³-hybridized carbons (Fsp3) is 0.452. The zero-order valence-corrected chi connectivity index (χ0v) is 26.4. The van der Waals surface area contributed by atoms with Crippen LogP contribution in [-0.4, -0.2) is 65.1 Å². The van der Waals surface area contributed by atoms with Crippen molar-refractivity contribution in [2.24, 2.45) is 5.92 Å². The summed E-state index contributed by atoms with van der Waals surface area (Å²) in [7, 11) is 0. The first kappa shape index (κ1) is 33.4. The van der Waals surface area contributed by atoms with E-state index in [1.165, 1.54) is 40.0 Å². The highest BCUT2D eigenvalue weighted by Crippen LogP contribution is 2.45. The van der Waals surface area contributed by atoms with Gasteiger partial charge in [0.15, 0.2) is 18.3 Å². The van der Waals surface area contributed by atoms with Crippen LogP contribution in [0.2, 0.25) is 5.02 Å². The van der Waals surface area contributed by atoms with Gasteiger partial charge in [0, 0.05) is 54.6 Å². The largest absolute Gasteiger partial charge is 0.463 e. The maximum absolute atomic E-state index is 13.4. The SMILES string of the molecule is CC(=O)OCC1OC(c2ccc(Cl)c(CC3SC(c4ccc(F)nc4)=CC3C)c2)[C@H](OC(C)=O)C(OC(C)=O)[C@@H]1OC(C)=O. The summed E-state index contributed by atoms with van der Waals surface area (Å²) in [5, 5.41) is 0.599. The molecule has 1 aromatic heterocycles. The highest BCUT2D eigenvalue weighted by molar-refractivity contribution is 8.09. The van der Waals surface area contributed by atoms with E-state index in [2.05, 4.69) is 18.0 Å². The van der Waals surface area contributed by atoms with Crippen LogP contribution in [0, 0.1) is 11.9 Å². The minimum atomic E-state index is -1.28. The standard InChI is InChI=1S/C31H33ClFNO9S/c1-15-10-26(21-7-9-27(33)34-13-21)44-25(15)12-22-11-20(6-8-23(22)32)28-30(41-18(4)37)31(42-19(5)38)29(40-17(3)36)24(43-28)14-39-16(2)35/h6-11,13,15,24-25,28-31H,12,14H2,1-5H3/t15?,24?,25?,28?,29-,30+,31?/m1/s1. The predicted octanol–water partition coefficient (Wildman–Crippen LogP) is 5.01. The van der Waals surface area contributed by atoms with E-state index in [0.717, 1.165) is 16.0 Å². The lowest BCUT2D eigenvalue weighted by Crippen LogP contribution is -2.59. The molecule has 4 rings (SSSR count). The lowest BCUT2D eigenvalue weighted by Gasteiger charge is -2.44. The average Bonchev–Trinajstić information content (AvgIpc) is 3.30. The molecule has 1 fully saturated rings. The van der Waals surface area contributed by atoms with Crippen molar-refractivity contribution < 1.29 is 47.3 Å². The molecule has 44 heavy (non-hydrogen) atoms. The molecule has 2 aliphatic rings. The molecule has 3 heterocycles. The van der Waals surface area contributed by atoms with Gasteiger partial charge >= 0.3 is 23.9 Å². The first-order valence-electron chi connectivity index (χ1n) is 13.9. The Kier molecular flexibility index (Phi) is 11.0. The van der Waals surface area contributed by atoms with Crippen LogP contribution >= 0.6 is 23.4 Å². The number of allylic oxidation sites excluding steroid dienone is 1. The normalized spacial score (nSPS) is 26.3. The second-order valence-corrected chi connectivity index (χ2v) is 12.3. The fourth-order valence-corrected chi connectivity index (χ4v) is 6.84. The summed E-state index contributed by atoms with van der Waals surface area (Å²) in [6, 6.07) is 8.24. The second-order valence-electron chi connectivity index (χ2n) is 10.6. The molecule has 7 atom stereocenters. The molecule has 2 aliphatic heterocycles. The number of benzene rings is 1. The van der Waals surface area contributed by atoms with Gasteiger partial charge in [0.1, 0.15) is 18.8 Å². The smallest absolute Gasteiger partial charge is 0.303 e. The number of carbonyl (C=O) groups is 4. The van der Waals surface area contributed by atoms with E-state index in [-0.39, 0.29) is 17.8 Å². The number of thioether (sulfide) groups is 1. The Balaban J connectivity index is 1.66. The van der Waals surface area contributed by atoms with Crippen molar-refractivity contribution in [3.05, 3.63) is 70.3 Å². The molecule has 0 N–H and O–H groups in total. The van der Waals surface area contributed by atoms with Crippen molar-refractivity contribution in [1.82, 2.24) is 4.98 Å². The molecule has 2 aromatic rings. The van der Waals surface area contributed by atoms with Gasteiger partial charge in [0.2, 0.25) is 5.95 Å². The first-order chi connectivity index (χ1) is 20.8. The number of ether oxygens (including phenoxy) is 5. The van der Waals surface area contributed by atoms with E-state index in [1.807, 2.05) is 6.07 Å². The van der Waals surface area contributed by atoms with Crippen LogP contribution in [0.15, 0.2) is 42.6 Å². The number of hydrogen-bond donors (Lipinski definition) is 0. The number of halogens is 2. The van der Waals surface area contributed by atoms with Gasteiger partial charge in [-0.1, -0.05) is 36.7 Å². The molecule has 5 unspecified atom stereocenters. The van der Waals surface area contributed by atoms with E-state index >= 15 is 0 Å². The van der Waals surface area contributed by atoms with Crippen molar-refractivity contribution in [1.29, 1.82) is 0 Å². The number of pyridine rings is 1. The third-order valence-electron chi connectivity index (χ3n) is 7.10. The second kappa shape index (κ2) is 14.5. The zero-order chi connectivity index (χ0) is 32.1. The van der Waals surface area contributed by atoms with Crippen molar-refractivity contribution in [3.63, 3.8) is 0 Å². The summed E-state index contributed by atoms with van der Waals surface area (Å²) in [4.78, 5) is 52.9. The highest BCUT2D eigenvalue weighted by atomic mass is 35.5. The summed E-state index contributed by atoms with van der Waals surface area (Å²) < 4.78 is 41.5. The van der Waals surface area contributed by atoms with Gasteiger partial charge in [-0.2, -0.15) is 4.39 Å². The number of hydrogen-bond acceptors (Lipinski definition) is 11. The first-order valence-corrected chi connectivity index (χ1v) is 15.2. The minimum absolute atomic E-state index is 0.0956. The van der Waals surface area contributed by atoms with Gasteiger partial charge in [-0.05, 0) is 41.7 Å². The molecule has 1 saturated heterocycles. The van der Waals surface area contributed by atoms with Gasteiger partial charge < -0.3 is 23.7 Å².